The lowest BCUT2D eigenvalue weighted by molar-refractivity contribution is -0.274. The minimum atomic E-state index is -4.81. The number of hydrogen-bond acceptors (Lipinski definition) is 8. The number of alkyl halides is 3. The van der Waals surface area contributed by atoms with Crippen molar-refractivity contribution in [2.45, 2.75) is 28.6 Å². The fraction of sp³-hybridized carbons (Fsp3) is 0.250. The number of esters is 1. The van der Waals surface area contributed by atoms with Crippen molar-refractivity contribution >= 4 is 29.5 Å². The Morgan fingerprint density at radius 2 is 2.00 bits per heavy atom. The van der Waals surface area contributed by atoms with Crippen LogP contribution in [0, 0.1) is 0 Å². The molecule has 0 amide bonds. The standard InChI is InChI=1S/C20H15F3N2O5S2/c1-28-18(27)15-7-6-13(29-15)10-32-19-24-14-8-9-31-16(14)17(26)25(19)11-2-4-12(5-3-11)30-20(21,22)23/h2-7H,8-10H2,1H3. The van der Waals surface area contributed by atoms with Crippen molar-refractivity contribution in [2.75, 3.05) is 12.9 Å². The monoisotopic (exact) mass is 484 g/mol. The van der Waals surface area contributed by atoms with Crippen molar-refractivity contribution in [3.8, 4) is 11.4 Å². The summed E-state index contributed by atoms with van der Waals surface area (Å²) in [4.78, 5) is 29.8. The Labute approximate surface area is 187 Å². The number of nitrogens with zero attached hydrogens (tertiary/aromatic N) is 2. The molecule has 7 nitrogen and oxygen atoms in total. The molecule has 0 bridgehead atoms. The second kappa shape index (κ2) is 8.94. The van der Waals surface area contributed by atoms with Crippen molar-refractivity contribution < 1.29 is 31.9 Å². The van der Waals surface area contributed by atoms with Crippen molar-refractivity contribution in [2.24, 2.45) is 0 Å². The lowest BCUT2D eigenvalue weighted by Gasteiger charge is -2.14. The molecule has 3 aromatic rings. The number of carbonyl (C=O) groups excluding carboxylic acids is 1. The minimum absolute atomic E-state index is 0.0547. The summed E-state index contributed by atoms with van der Waals surface area (Å²) in [5.74, 6) is 0.527. The van der Waals surface area contributed by atoms with Crippen LogP contribution >= 0.6 is 23.5 Å². The third-order valence-electron chi connectivity index (χ3n) is 4.39. The molecular formula is C20H15F3N2O5S2. The van der Waals surface area contributed by atoms with E-state index in [1.807, 2.05) is 0 Å². The van der Waals surface area contributed by atoms with Crippen molar-refractivity contribution in [3.05, 3.63) is 64.0 Å². The van der Waals surface area contributed by atoms with Gasteiger partial charge in [-0.3, -0.25) is 9.36 Å². The third kappa shape index (κ3) is 4.80. The number of furan rings is 1. The SMILES string of the molecule is COC(=O)c1ccc(CSc2nc3c(c(=O)n2-c2ccc(OC(F)(F)F)cc2)SCC3)o1. The summed E-state index contributed by atoms with van der Waals surface area (Å²) in [6.07, 6.45) is -4.16. The number of methoxy groups -OCH3 is 1. The number of rotatable bonds is 6. The highest BCUT2D eigenvalue weighted by Gasteiger charge is 2.31. The predicted molar refractivity (Wildman–Crippen MR) is 111 cm³/mol. The molecule has 1 aliphatic heterocycles. The van der Waals surface area contributed by atoms with Crippen molar-refractivity contribution in [1.82, 2.24) is 9.55 Å². The second-order valence-electron chi connectivity index (χ2n) is 6.50. The summed E-state index contributed by atoms with van der Waals surface area (Å²) in [7, 11) is 1.25. The average Bonchev–Trinajstić information content (AvgIpc) is 3.41. The first-order valence-corrected chi connectivity index (χ1v) is 11.2. The molecule has 1 aromatic carbocycles. The largest absolute Gasteiger partial charge is 0.573 e. The molecule has 0 unspecified atom stereocenters. The molecule has 12 heteroatoms. The van der Waals surface area contributed by atoms with Crippen LogP contribution in [0.4, 0.5) is 13.2 Å². The molecule has 2 aromatic heterocycles. The van der Waals surface area contributed by atoms with Gasteiger partial charge < -0.3 is 13.9 Å². The van der Waals surface area contributed by atoms with Gasteiger partial charge in [-0.15, -0.1) is 24.9 Å². The Balaban J connectivity index is 1.65. The van der Waals surface area contributed by atoms with Crippen LogP contribution in [0.2, 0.25) is 0 Å². The van der Waals surface area contributed by atoms with E-state index in [4.69, 9.17) is 4.42 Å². The lowest BCUT2D eigenvalue weighted by atomic mass is 10.3. The Morgan fingerprint density at radius 1 is 1.25 bits per heavy atom. The molecule has 4 rings (SSSR count). The van der Waals surface area contributed by atoms with E-state index < -0.39 is 18.1 Å². The first-order chi connectivity index (χ1) is 15.2. The third-order valence-corrected chi connectivity index (χ3v) is 6.45. The van der Waals surface area contributed by atoms with E-state index in [0.29, 0.717) is 33.6 Å². The average molecular weight is 484 g/mol. The molecule has 0 aliphatic carbocycles. The highest BCUT2D eigenvalue weighted by atomic mass is 32.2. The summed E-state index contributed by atoms with van der Waals surface area (Å²) in [5, 5.41) is 0.358. The summed E-state index contributed by atoms with van der Waals surface area (Å²) in [6.45, 7) is 0. The van der Waals surface area contributed by atoms with Crippen LogP contribution in [0.5, 0.6) is 5.75 Å². The Bertz CT molecular complexity index is 1210. The Kier molecular flexibility index (Phi) is 6.24. The molecule has 0 atom stereocenters. The van der Waals surface area contributed by atoms with E-state index in [2.05, 4.69) is 14.5 Å². The normalized spacial score (nSPS) is 13.1. The lowest BCUT2D eigenvalue weighted by Crippen LogP contribution is -2.24. The fourth-order valence-electron chi connectivity index (χ4n) is 3.02. The number of halogens is 3. The first-order valence-electron chi connectivity index (χ1n) is 9.20. The summed E-state index contributed by atoms with van der Waals surface area (Å²) in [5.41, 5.74) is 0.745. The maximum Gasteiger partial charge on any atom is 0.573 e. The molecule has 0 saturated carbocycles. The number of hydrogen-bond donors (Lipinski definition) is 0. The molecule has 0 radical (unpaired) electrons. The number of ether oxygens (including phenoxy) is 2. The predicted octanol–water partition coefficient (Wildman–Crippen LogP) is 4.45. The van der Waals surface area contributed by atoms with Gasteiger partial charge in [0.15, 0.2) is 5.16 Å². The van der Waals surface area contributed by atoms with Crippen LogP contribution in [-0.2, 0) is 16.9 Å². The van der Waals surface area contributed by atoms with E-state index in [9.17, 15) is 22.8 Å². The van der Waals surface area contributed by atoms with Crippen LogP contribution in [0.1, 0.15) is 22.0 Å². The molecule has 168 valence electrons. The van der Waals surface area contributed by atoms with Crippen LogP contribution < -0.4 is 10.3 Å². The van der Waals surface area contributed by atoms with Gasteiger partial charge in [0, 0.05) is 12.2 Å². The zero-order valence-corrected chi connectivity index (χ0v) is 18.1. The van der Waals surface area contributed by atoms with E-state index in [1.165, 1.54) is 53.4 Å². The second-order valence-corrected chi connectivity index (χ2v) is 8.54. The van der Waals surface area contributed by atoms with Crippen LogP contribution in [0.15, 0.2) is 55.7 Å². The van der Waals surface area contributed by atoms with Crippen molar-refractivity contribution in [3.63, 3.8) is 0 Å². The summed E-state index contributed by atoms with van der Waals surface area (Å²) in [6, 6.07) is 8.11. The zero-order chi connectivity index (χ0) is 22.9. The molecule has 0 spiro atoms. The molecule has 32 heavy (non-hydrogen) atoms. The maximum atomic E-state index is 13.1. The maximum absolute atomic E-state index is 13.1. The van der Waals surface area contributed by atoms with Crippen LogP contribution in [-0.4, -0.2) is 34.7 Å². The van der Waals surface area contributed by atoms with Crippen molar-refractivity contribution in [1.29, 1.82) is 0 Å². The van der Waals surface area contributed by atoms with Gasteiger partial charge in [0.1, 0.15) is 11.5 Å². The molecular weight excluding hydrogens is 469 g/mol. The van der Waals surface area contributed by atoms with E-state index >= 15 is 0 Å². The van der Waals surface area contributed by atoms with E-state index in [1.54, 1.807) is 6.07 Å². The summed E-state index contributed by atoms with van der Waals surface area (Å²) < 4.78 is 52.7. The van der Waals surface area contributed by atoms with Gasteiger partial charge in [-0.25, -0.2) is 9.78 Å². The summed E-state index contributed by atoms with van der Waals surface area (Å²) >= 11 is 2.61. The topological polar surface area (TPSA) is 83.6 Å². The van der Waals surface area contributed by atoms with Gasteiger partial charge in [-0.1, -0.05) is 11.8 Å². The van der Waals surface area contributed by atoms with Gasteiger partial charge in [-0.2, -0.15) is 0 Å². The van der Waals surface area contributed by atoms with Gasteiger partial charge in [-0.05, 0) is 36.4 Å². The minimum Gasteiger partial charge on any atom is -0.463 e. The number of aromatic nitrogens is 2. The number of fused-ring (bicyclic) bond motifs is 1. The Hall–Kier alpha value is -2.86. The number of thioether (sulfide) groups is 2. The highest BCUT2D eigenvalue weighted by molar-refractivity contribution is 7.99. The molecule has 0 saturated heterocycles. The Morgan fingerprint density at radius 3 is 2.69 bits per heavy atom. The first kappa shape index (κ1) is 22.3. The van der Waals surface area contributed by atoms with Gasteiger partial charge in [0.05, 0.1) is 29.1 Å². The molecule has 0 N–H and O–H groups in total. The number of benzene rings is 1. The molecule has 0 fully saturated rings. The number of aryl methyl sites for hydroxylation is 1. The van der Waals surface area contributed by atoms with Gasteiger partial charge >= 0.3 is 12.3 Å². The zero-order valence-electron chi connectivity index (χ0n) is 16.5. The van der Waals surface area contributed by atoms with Gasteiger partial charge in [0.25, 0.3) is 5.56 Å². The van der Waals surface area contributed by atoms with E-state index in [-0.39, 0.29) is 17.1 Å². The van der Waals surface area contributed by atoms with E-state index in [0.717, 1.165) is 17.9 Å². The fourth-order valence-corrected chi connectivity index (χ4v) is 4.96. The van der Waals surface area contributed by atoms with Gasteiger partial charge in [0.2, 0.25) is 5.76 Å². The molecule has 1 aliphatic rings. The molecule has 3 heterocycles. The van der Waals surface area contributed by atoms with Crippen LogP contribution in [0.3, 0.4) is 0 Å². The highest BCUT2D eigenvalue weighted by Crippen LogP contribution is 2.32. The smallest absolute Gasteiger partial charge is 0.463 e. The van der Waals surface area contributed by atoms with Crippen LogP contribution in [0.25, 0.3) is 5.69 Å². The quantitative estimate of drug-likeness (QED) is 0.288. The number of carbonyl (C=O) groups is 1.